The van der Waals surface area contributed by atoms with Crippen LogP contribution in [0, 0.1) is 0 Å². The third-order valence-electron chi connectivity index (χ3n) is 3.18. The zero-order chi connectivity index (χ0) is 15.7. The van der Waals surface area contributed by atoms with Crippen molar-refractivity contribution in [3.63, 3.8) is 0 Å². The van der Waals surface area contributed by atoms with Crippen molar-refractivity contribution in [3.05, 3.63) is 65.9 Å². The first kappa shape index (κ1) is 16.9. The highest BCUT2D eigenvalue weighted by Crippen LogP contribution is 2.27. The van der Waals surface area contributed by atoms with Gasteiger partial charge >= 0.3 is 0 Å². The van der Waals surface area contributed by atoms with Crippen LogP contribution in [0.15, 0.2) is 71.0 Å². The Bertz CT molecular complexity index is 527. The second kappa shape index (κ2) is 8.93. The molecule has 0 aliphatic heterocycles. The van der Waals surface area contributed by atoms with E-state index in [-0.39, 0.29) is 0 Å². The van der Waals surface area contributed by atoms with Gasteiger partial charge in [0.2, 0.25) is 0 Å². The van der Waals surface area contributed by atoms with Gasteiger partial charge in [-0.15, -0.1) is 0 Å². The number of hydrogen-bond acceptors (Lipinski definition) is 3. The lowest BCUT2D eigenvalue weighted by molar-refractivity contribution is 0.775. The van der Waals surface area contributed by atoms with Gasteiger partial charge in [0.25, 0.3) is 0 Å². The fraction of sp³-hybridized carbons (Fsp3) is 0.278. The van der Waals surface area contributed by atoms with Crippen LogP contribution in [-0.2, 0) is 0 Å². The first-order chi connectivity index (χ1) is 10.2. The average molecular weight is 283 g/mol. The molecule has 1 aromatic carbocycles. The Morgan fingerprint density at radius 3 is 2.52 bits per heavy atom. The molecule has 0 unspecified atom stereocenters. The highest BCUT2D eigenvalue weighted by molar-refractivity contribution is 5.60. The van der Waals surface area contributed by atoms with E-state index < -0.39 is 0 Å². The molecule has 1 aromatic rings. The minimum atomic E-state index is 0.915. The zero-order valence-corrected chi connectivity index (χ0v) is 13.3. The summed E-state index contributed by atoms with van der Waals surface area (Å²) in [5, 5.41) is 9.23. The molecule has 0 heterocycles. The van der Waals surface area contributed by atoms with Crippen molar-refractivity contribution < 1.29 is 0 Å². The molecular formula is C18H25N3. The number of rotatable bonds is 8. The summed E-state index contributed by atoms with van der Waals surface area (Å²) in [6.45, 7) is 12.9. The topological polar surface area (TPSA) is 27.6 Å². The molecule has 112 valence electrons. The largest absolute Gasteiger partial charge is 0.319 e. The molecule has 1 N–H and O–H groups in total. The van der Waals surface area contributed by atoms with Gasteiger partial charge in [0, 0.05) is 6.72 Å². The van der Waals surface area contributed by atoms with Gasteiger partial charge in [-0.2, -0.15) is 5.10 Å². The standard InChI is InChI=1S/C18H25N3/c1-6-10-15(2)18(16(3)13-14-19-4)21(20-5)17-11-8-7-9-12-17/h6-12,19H,2,5,13-14H2,1,3-4H3/b10-6-,18-16-. The summed E-state index contributed by atoms with van der Waals surface area (Å²) in [6.07, 6.45) is 4.92. The summed E-state index contributed by atoms with van der Waals surface area (Å²) in [4.78, 5) is 0. The highest BCUT2D eigenvalue weighted by Gasteiger charge is 2.15. The number of anilines is 1. The predicted molar refractivity (Wildman–Crippen MR) is 93.7 cm³/mol. The molecule has 3 nitrogen and oxygen atoms in total. The van der Waals surface area contributed by atoms with Crippen molar-refractivity contribution >= 4 is 12.4 Å². The van der Waals surface area contributed by atoms with E-state index in [1.54, 1.807) is 0 Å². The van der Waals surface area contributed by atoms with Crippen LogP contribution in [0.2, 0.25) is 0 Å². The Labute approximate surface area is 128 Å². The molecule has 3 heteroatoms. The molecule has 0 aliphatic carbocycles. The zero-order valence-electron chi connectivity index (χ0n) is 13.3. The van der Waals surface area contributed by atoms with Crippen LogP contribution < -0.4 is 10.3 Å². The SMILES string of the molecule is C=NN(/C(C(=C)/C=C\C)=C(/C)CCNC)c1ccccc1. The molecular weight excluding hydrogens is 258 g/mol. The summed E-state index contributed by atoms with van der Waals surface area (Å²) in [5.41, 5.74) is 4.15. The van der Waals surface area contributed by atoms with Crippen LogP contribution in [0.4, 0.5) is 5.69 Å². The molecule has 0 bridgehead atoms. The molecule has 0 saturated heterocycles. The fourth-order valence-corrected chi connectivity index (χ4v) is 2.15. The van der Waals surface area contributed by atoms with Gasteiger partial charge in [-0.1, -0.05) is 36.9 Å². The van der Waals surface area contributed by atoms with E-state index in [2.05, 4.69) is 30.6 Å². The molecule has 0 aromatic heterocycles. The van der Waals surface area contributed by atoms with E-state index in [1.807, 2.05) is 61.5 Å². The molecule has 1 rings (SSSR count). The summed E-state index contributed by atoms with van der Waals surface area (Å²) >= 11 is 0. The average Bonchev–Trinajstić information content (AvgIpc) is 2.51. The van der Waals surface area contributed by atoms with Crippen LogP contribution in [0.3, 0.4) is 0 Å². The van der Waals surface area contributed by atoms with Gasteiger partial charge in [0.15, 0.2) is 0 Å². The van der Waals surface area contributed by atoms with Crippen LogP contribution >= 0.6 is 0 Å². The summed E-state index contributed by atoms with van der Waals surface area (Å²) < 4.78 is 0. The Morgan fingerprint density at radius 2 is 2.00 bits per heavy atom. The smallest absolute Gasteiger partial charge is 0.0708 e. The molecule has 0 amide bonds. The van der Waals surface area contributed by atoms with E-state index in [9.17, 15) is 0 Å². The molecule has 0 atom stereocenters. The molecule has 0 fully saturated rings. The van der Waals surface area contributed by atoms with Gasteiger partial charge < -0.3 is 5.32 Å². The number of hydrazone groups is 1. The Balaban J connectivity index is 3.27. The van der Waals surface area contributed by atoms with Gasteiger partial charge in [0.1, 0.15) is 0 Å². The van der Waals surface area contributed by atoms with Gasteiger partial charge in [0.05, 0.1) is 11.4 Å². The van der Waals surface area contributed by atoms with Crippen molar-refractivity contribution in [1.82, 2.24) is 5.32 Å². The van der Waals surface area contributed by atoms with E-state index in [4.69, 9.17) is 0 Å². The fourth-order valence-electron chi connectivity index (χ4n) is 2.15. The second-order valence-corrected chi connectivity index (χ2v) is 4.80. The Kier molecular flexibility index (Phi) is 7.19. The number of benzene rings is 1. The second-order valence-electron chi connectivity index (χ2n) is 4.80. The Hall–Kier alpha value is -2.13. The van der Waals surface area contributed by atoms with Crippen LogP contribution in [-0.4, -0.2) is 20.3 Å². The molecule has 0 radical (unpaired) electrons. The van der Waals surface area contributed by atoms with E-state index in [0.717, 1.165) is 29.9 Å². The molecule has 21 heavy (non-hydrogen) atoms. The number of para-hydroxylation sites is 1. The third-order valence-corrected chi connectivity index (χ3v) is 3.18. The molecule has 0 spiro atoms. The first-order valence-electron chi connectivity index (χ1n) is 7.13. The summed E-state index contributed by atoms with van der Waals surface area (Å²) in [6, 6.07) is 10.0. The van der Waals surface area contributed by atoms with Gasteiger partial charge in [-0.05, 0) is 57.1 Å². The monoisotopic (exact) mass is 283 g/mol. The lowest BCUT2D eigenvalue weighted by atomic mass is 10.0. The molecule has 0 saturated carbocycles. The maximum absolute atomic E-state index is 4.20. The number of allylic oxidation sites excluding steroid dienone is 2. The van der Waals surface area contributed by atoms with Crippen LogP contribution in [0.1, 0.15) is 20.3 Å². The third kappa shape index (κ3) is 4.72. The maximum Gasteiger partial charge on any atom is 0.0708 e. The number of hydrogen-bond donors (Lipinski definition) is 1. The summed E-state index contributed by atoms with van der Waals surface area (Å²) in [5.74, 6) is 0. The van der Waals surface area contributed by atoms with Crippen LogP contribution in [0.5, 0.6) is 0 Å². The minimum absolute atomic E-state index is 0.915. The van der Waals surface area contributed by atoms with E-state index >= 15 is 0 Å². The van der Waals surface area contributed by atoms with Crippen molar-refractivity contribution in [3.8, 4) is 0 Å². The molecule has 0 aliphatic rings. The Morgan fingerprint density at radius 1 is 1.33 bits per heavy atom. The first-order valence-corrected chi connectivity index (χ1v) is 7.13. The lowest BCUT2D eigenvalue weighted by Crippen LogP contribution is -2.19. The van der Waals surface area contributed by atoms with Gasteiger partial charge in [-0.3, -0.25) is 0 Å². The minimum Gasteiger partial charge on any atom is -0.319 e. The lowest BCUT2D eigenvalue weighted by Gasteiger charge is -2.25. The maximum atomic E-state index is 4.20. The van der Waals surface area contributed by atoms with E-state index in [1.165, 1.54) is 5.57 Å². The normalized spacial score (nSPS) is 12.1. The van der Waals surface area contributed by atoms with Crippen molar-refractivity contribution in [2.75, 3.05) is 18.6 Å². The van der Waals surface area contributed by atoms with Crippen molar-refractivity contribution in [2.24, 2.45) is 5.10 Å². The van der Waals surface area contributed by atoms with Crippen molar-refractivity contribution in [2.45, 2.75) is 20.3 Å². The highest BCUT2D eigenvalue weighted by atomic mass is 15.5. The number of nitrogens with one attached hydrogen (secondary N) is 1. The predicted octanol–water partition coefficient (Wildman–Crippen LogP) is 4.12. The van der Waals surface area contributed by atoms with Gasteiger partial charge in [-0.25, -0.2) is 5.01 Å². The van der Waals surface area contributed by atoms with Crippen LogP contribution in [0.25, 0.3) is 0 Å². The van der Waals surface area contributed by atoms with Crippen molar-refractivity contribution in [1.29, 1.82) is 0 Å². The van der Waals surface area contributed by atoms with E-state index in [0.29, 0.717) is 0 Å². The number of nitrogens with zero attached hydrogens (tertiary/aromatic N) is 2. The summed E-state index contributed by atoms with van der Waals surface area (Å²) in [7, 11) is 1.95. The quantitative estimate of drug-likeness (QED) is 0.441.